The quantitative estimate of drug-likeness (QED) is 0.818. The summed E-state index contributed by atoms with van der Waals surface area (Å²) < 4.78 is 0. The van der Waals surface area contributed by atoms with Crippen molar-refractivity contribution in [3.63, 3.8) is 0 Å². The van der Waals surface area contributed by atoms with Crippen LogP contribution in [0.4, 0.5) is 0 Å². The molecule has 2 aliphatic rings. The smallest absolute Gasteiger partial charge is 0.321 e. The lowest BCUT2D eigenvalue weighted by molar-refractivity contribution is -0.142. The number of hydrogen-bond acceptors (Lipinski definition) is 5. The third kappa shape index (κ3) is 5.62. The van der Waals surface area contributed by atoms with Crippen LogP contribution < -0.4 is 0 Å². The molecule has 110 valence electrons. The second-order valence-corrected chi connectivity index (χ2v) is 6.71. The van der Waals surface area contributed by atoms with Gasteiger partial charge in [-0.2, -0.15) is 11.8 Å². The van der Waals surface area contributed by atoms with Crippen molar-refractivity contribution in [2.24, 2.45) is 5.92 Å². The SMILES string of the molecule is CCCN1CSCC1C(=O)O.O=C(O)C1CCSC1. The molecule has 0 radical (unpaired) electrons. The molecule has 19 heavy (non-hydrogen) atoms. The van der Waals surface area contributed by atoms with Gasteiger partial charge in [-0.25, -0.2) is 0 Å². The highest BCUT2D eigenvalue weighted by Gasteiger charge is 2.29. The van der Waals surface area contributed by atoms with Crippen LogP contribution in [0.15, 0.2) is 0 Å². The lowest BCUT2D eigenvalue weighted by Gasteiger charge is -2.18. The van der Waals surface area contributed by atoms with E-state index in [4.69, 9.17) is 10.2 Å². The van der Waals surface area contributed by atoms with E-state index < -0.39 is 11.9 Å². The summed E-state index contributed by atoms with van der Waals surface area (Å²) in [4.78, 5) is 22.8. The van der Waals surface area contributed by atoms with Crippen LogP contribution in [0, 0.1) is 5.92 Å². The zero-order valence-electron chi connectivity index (χ0n) is 11.1. The molecule has 2 rings (SSSR count). The predicted molar refractivity (Wildman–Crippen MR) is 78.8 cm³/mol. The van der Waals surface area contributed by atoms with Crippen molar-refractivity contribution < 1.29 is 19.8 Å². The molecule has 0 spiro atoms. The number of aliphatic carboxylic acids is 2. The monoisotopic (exact) mass is 307 g/mol. The Balaban J connectivity index is 0.000000200. The first kappa shape index (κ1) is 16.7. The van der Waals surface area contributed by atoms with E-state index in [1.54, 1.807) is 23.5 Å². The Morgan fingerprint density at radius 3 is 2.37 bits per heavy atom. The zero-order chi connectivity index (χ0) is 14.3. The minimum absolute atomic E-state index is 0.0556. The van der Waals surface area contributed by atoms with Crippen molar-refractivity contribution in [3.8, 4) is 0 Å². The van der Waals surface area contributed by atoms with E-state index in [1.165, 1.54) is 0 Å². The fourth-order valence-electron chi connectivity index (χ4n) is 1.94. The zero-order valence-corrected chi connectivity index (χ0v) is 12.7. The second kappa shape index (κ2) is 8.71. The Kier molecular flexibility index (Phi) is 7.63. The van der Waals surface area contributed by atoms with E-state index in [0.717, 1.165) is 42.5 Å². The lowest BCUT2D eigenvalue weighted by atomic mass is 10.1. The first-order valence-electron chi connectivity index (χ1n) is 6.41. The Morgan fingerprint density at radius 1 is 1.21 bits per heavy atom. The van der Waals surface area contributed by atoms with Crippen LogP contribution in [0.5, 0.6) is 0 Å². The van der Waals surface area contributed by atoms with Crippen LogP contribution in [-0.2, 0) is 9.59 Å². The predicted octanol–water partition coefficient (Wildman–Crippen LogP) is 1.68. The fourth-order valence-corrected chi connectivity index (χ4v) is 4.38. The van der Waals surface area contributed by atoms with Gasteiger partial charge in [0.1, 0.15) is 6.04 Å². The Labute approximate surface area is 122 Å². The summed E-state index contributed by atoms with van der Waals surface area (Å²) >= 11 is 3.43. The number of carbonyl (C=O) groups is 2. The maximum Gasteiger partial charge on any atom is 0.321 e. The molecule has 2 fully saturated rings. The Bertz CT molecular complexity index is 308. The number of hydrogen-bond donors (Lipinski definition) is 2. The summed E-state index contributed by atoms with van der Waals surface area (Å²) in [6.07, 6.45) is 1.89. The fraction of sp³-hybridized carbons (Fsp3) is 0.833. The molecule has 2 heterocycles. The van der Waals surface area contributed by atoms with Crippen LogP contribution >= 0.6 is 23.5 Å². The molecular weight excluding hydrogens is 286 g/mol. The summed E-state index contributed by atoms with van der Waals surface area (Å²) in [6.45, 7) is 2.98. The van der Waals surface area contributed by atoms with Crippen molar-refractivity contribution >= 4 is 35.5 Å². The molecule has 0 aromatic heterocycles. The minimum atomic E-state index is -0.677. The molecule has 0 aromatic rings. The van der Waals surface area contributed by atoms with Crippen LogP contribution in [0.2, 0.25) is 0 Å². The van der Waals surface area contributed by atoms with Gasteiger partial charge in [-0.05, 0) is 25.1 Å². The number of carboxylic acid groups (broad SMARTS) is 2. The maximum absolute atomic E-state index is 10.6. The molecule has 0 amide bonds. The molecule has 2 aliphatic heterocycles. The van der Waals surface area contributed by atoms with Gasteiger partial charge in [-0.1, -0.05) is 6.92 Å². The van der Waals surface area contributed by atoms with Crippen LogP contribution in [-0.4, -0.2) is 62.8 Å². The third-order valence-electron chi connectivity index (χ3n) is 3.05. The van der Waals surface area contributed by atoms with Gasteiger partial charge in [0, 0.05) is 17.4 Å². The van der Waals surface area contributed by atoms with E-state index in [2.05, 4.69) is 6.92 Å². The largest absolute Gasteiger partial charge is 0.481 e. The van der Waals surface area contributed by atoms with Crippen LogP contribution in [0.1, 0.15) is 19.8 Å². The van der Waals surface area contributed by atoms with Gasteiger partial charge in [-0.15, -0.1) is 11.8 Å². The number of nitrogens with zero attached hydrogens (tertiary/aromatic N) is 1. The Morgan fingerprint density at radius 2 is 1.95 bits per heavy atom. The number of carboxylic acids is 2. The lowest BCUT2D eigenvalue weighted by Crippen LogP contribution is -2.37. The van der Waals surface area contributed by atoms with Crippen molar-refractivity contribution in [3.05, 3.63) is 0 Å². The van der Waals surface area contributed by atoms with E-state index >= 15 is 0 Å². The minimum Gasteiger partial charge on any atom is -0.481 e. The average Bonchev–Trinajstić information content (AvgIpc) is 3.00. The van der Waals surface area contributed by atoms with Crippen LogP contribution in [0.25, 0.3) is 0 Å². The number of rotatable bonds is 4. The van der Waals surface area contributed by atoms with Gasteiger partial charge < -0.3 is 10.2 Å². The van der Waals surface area contributed by atoms with Crippen molar-refractivity contribution in [2.75, 3.05) is 29.7 Å². The van der Waals surface area contributed by atoms with Crippen molar-refractivity contribution in [1.29, 1.82) is 0 Å². The first-order chi connectivity index (χ1) is 9.06. The third-order valence-corrected chi connectivity index (χ3v) is 5.28. The van der Waals surface area contributed by atoms with Gasteiger partial charge in [0.05, 0.1) is 5.92 Å². The highest BCUT2D eigenvalue weighted by Crippen LogP contribution is 2.23. The van der Waals surface area contributed by atoms with Crippen molar-refractivity contribution in [1.82, 2.24) is 4.90 Å². The molecule has 0 bridgehead atoms. The average molecular weight is 307 g/mol. The molecule has 7 heteroatoms. The summed E-state index contributed by atoms with van der Waals surface area (Å²) in [5.41, 5.74) is 0. The summed E-state index contributed by atoms with van der Waals surface area (Å²) in [6, 6.07) is -0.236. The second-order valence-electron chi connectivity index (χ2n) is 4.57. The van der Waals surface area contributed by atoms with Crippen LogP contribution in [0.3, 0.4) is 0 Å². The Hall–Kier alpha value is -0.400. The molecule has 0 aliphatic carbocycles. The topological polar surface area (TPSA) is 77.8 Å². The molecule has 2 atom stereocenters. The van der Waals surface area contributed by atoms with Gasteiger partial charge in [0.25, 0.3) is 0 Å². The van der Waals surface area contributed by atoms with Gasteiger partial charge in [0.2, 0.25) is 0 Å². The summed E-state index contributed by atoms with van der Waals surface area (Å²) in [7, 11) is 0. The van der Waals surface area contributed by atoms with E-state index in [0.29, 0.717) is 0 Å². The first-order valence-corrected chi connectivity index (χ1v) is 8.72. The normalized spacial score (nSPS) is 26.8. The highest BCUT2D eigenvalue weighted by molar-refractivity contribution is 7.99. The molecule has 0 saturated carbocycles. The standard InChI is InChI=1S/C7H13NO2S.C5H8O2S/c1-2-3-8-5-11-4-6(8)7(9)10;6-5(7)4-1-2-8-3-4/h6H,2-5H2,1H3,(H,9,10);4H,1-3H2,(H,6,7). The van der Waals surface area contributed by atoms with E-state index in [1.807, 2.05) is 4.90 Å². The molecule has 2 saturated heterocycles. The van der Waals surface area contributed by atoms with Gasteiger partial charge in [0.15, 0.2) is 0 Å². The van der Waals surface area contributed by atoms with E-state index in [-0.39, 0.29) is 12.0 Å². The molecule has 5 nitrogen and oxygen atoms in total. The van der Waals surface area contributed by atoms with Gasteiger partial charge >= 0.3 is 11.9 Å². The van der Waals surface area contributed by atoms with Gasteiger partial charge in [-0.3, -0.25) is 14.5 Å². The maximum atomic E-state index is 10.6. The summed E-state index contributed by atoms with van der Waals surface area (Å²) in [5, 5.41) is 17.2. The number of thioether (sulfide) groups is 2. The molecule has 2 unspecified atom stereocenters. The molecule has 2 N–H and O–H groups in total. The molecular formula is C12H21NO4S2. The molecule has 0 aromatic carbocycles. The highest BCUT2D eigenvalue weighted by atomic mass is 32.2. The van der Waals surface area contributed by atoms with E-state index in [9.17, 15) is 9.59 Å². The van der Waals surface area contributed by atoms with Crippen molar-refractivity contribution in [2.45, 2.75) is 25.8 Å². The summed E-state index contributed by atoms with van der Waals surface area (Å²) in [5.74, 6) is 2.10.